The number of nitrogens with zero attached hydrogens (tertiary/aromatic N) is 1. The highest BCUT2D eigenvalue weighted by atomic mass is 19.4. The van der Waals surface area contributed by atoms with E-state index in [1.54, 1.807) is 6.08 Å². The van der Waals surface area contributed by atoms with Crippen molar-refractivity contribution in [3.8, 4) is 0 Å². The molecule has 0 radical (unpaired) electrons. The van der Waals surface area contributed by atoms with Crippen LogP contribution in [0.2, 0.25) is 0 Å². The summed E-state index contributed by atoms with van der Waals surface area (Å²) in [5, 5.41) is 8.96. The number of alkyl halides is 3. The second kappa shape index (κ2) is 8.77. The number of likely N-dealkylation sites (tertiary alicyclic amines) is 1. The van der Waals surface area contributed by atoms with Crippen LogP contribution in [0.15, 0.2) is 41.4 Å². The molecule has 1 N–H and O–H groups in total. The highest BCUT2D eigenvalue weighted by molar-refractivity contribution is 5.66. The Morgan fingerprint density at radius 2 is 2.09 bits per heavy atom. The van der Waals surface area contributed by atoms with Crippen LogP contribution in [0.3, 0.4) is 0 Å². The lowest BCUT2D eigenvalue weighted by atomic mass is 9.72. The average molecular weight is 455 g/mol. The number of carboxylic acid groups (broad SMARTS) is 1. The molecule has 1 aliphatic carbocycles. The summed E-state index contributed by atoms with van der Waals surface area (Å²) in [6, 6.07) is 2.88. The fourth-order valence-corrected chi connectivity index (χ4v) is 4.92. The topological polar surface area (TPSA) is 59.0 Å². The number of rotatable bonds is 6. The van der Waals surface area contributed by atoms with Crippen molar-refractivity contribution in [1.82, 2.24) is 4.90 Å². The van der Waals surface area contributed by atoms with E-state index < -0.39 is 35.7 Å². The molecule has 1 unspecified atom stereocenters. The normalized spacial score (nSPS) is 23.7. The van der Waals surface area contributed by atoms with Crippen LogP contribution < -0.4 is 0 Å². The molecule has 1 saturated heterocycles. The van der Waals surface area contributed by atoms with Gasteiger partial charge in [0, 0.05) is 36.6 Å². The van der Waals surface area contributed by atoms with Crippen molar-refractivity contribution >= 4 is 5.97 Å². The average Bonchev–Trinajstić information content (AvgIpc) is 3.07. The van der Waals surface area contributed by atoms with Crippen molar-refractivity contribution in [2.24, 2.45) is 5.41 Å². The SMILES string of the molecule is O=C(O)CCN1CCCC2(COC3=C2CCC(OCc2c(F)cccc2C(F)(F)F)=C3)C1. The van der Waals surface area contributed by atoms with Gasteiger partial charge in [-0.1, -0.05) is 6.07 Å². The van der Waals surface area contributed by atoms with E-state index in [-0.39, 0.29) is 11.8 Å². The van der Waals surface area contributed by atoms with E-state index in [4.69, 9.17) is 14.6 Å². The molecular formula is C23H25F4NO4. The predicted molar refractivity (Wildman–Crippen MR) is 107 cm³/mol. The molecule has 9 heteroatoms. The molecule has 4 rings (SSSR count). The Morgan fingerprint density at radius 1 is 1.28 bits per heavy atom. The van der Waals surface area contributed by atoms with Crippen molar-refractivity contribution in [1.29, 1.82) is 0 Å². The van der Waals surface area contributed by atoms with Crippen LogP contribution in [-0.4, -0.2) is 42.2 Å². The van der Waals surface area contributed by atoms with E-state index >= 15 is 0 Å². The maximum atomic E-state index is 14.1. The van der Waals surface area contributed by atoms with Crippen LogP contribution in [0.1, 0.15) is 43.2 Å². The minimum absolute atomic E-state index is 0.0939. The predicted octanol–water partition coefficient (Wildman–Crippen LogP) is 4.88. The first-order chi connectivity index (χ1) is 15.2. The second-order valence-corrected chi connectivity index (χ2v) is 8.60. The summed E-state index contributed by atoms with van der Waals surface area (Å²) in [7, 11) is 0. The minimum Gasteiger partial charge on any atom is -0.493 e. The Morgan fingerprint density at radius 3 is 2.84 bits per heavy atom. The number of allylic oxidation sites excluding steroid dienone is 2. The number of ether oxygens (including phenoxy) is 2. The van der Waals surface area contributed by atoms with Gasteiger partial charge < -0.3 is 19.5 Å². The zero-order valence-corrected chi connectivity index (χ0v) is 17.5. The molecule has 0 bridgehead atoms. The number of hydrogen-bond donors (Lipinski definition) is 1. The smallest absolute Gasteiger partial charge is 0.416 e. The third kappa shape index (κ3) is 4.62. The lowest BCUT2D eigenvalue weighted by molar-refractivity contribution is -0.139. The van der Waals surface area contributed by atoms with Crippen molar-refractivity contribution < 1.29 is 36.9 Å². The van der Waals surface area contributed by atoms with Crippen LogP contribution in [-0.2, 0) is 27.1 Å². The van der Waals surface area contributed by atoms with Gasteiger partial charge in [0.1, 0.15) is 23.9 Å². The highest BCUT2D eigenvalue weighted by Gasteiger charge is 2.46. The Labute approximate surface area is 183 Å². The number of carbonyl (C=O) groups is 1. The molecule has 1 aromatic rings. The van der Waals surface area contributed by atoms with Gasteiger partial charge in [-0.2, -0.15) is 13.2 Å². The van der Waals surface area contributed by atoms with Gasteiger partial charge in [-0.15, -0.1) is 0 Å². The first-order valence-corrected chi connectivity index (χ1v) is 10.7. The Kier molecular flexibility index (Phi) is 6.20. The van der Waals surface area contributed by atoms with Crippen LogP contribution in [0.25, 0.3) is 0 Å². The minimum atomic E-state index is -4.66. The summed E-state index contributed by atoms with van der Waals surface area (Å²) in [6.45, 7) is 2.06. The van der Waals surface area contributed by atoms with E-state index in [0.29, 0.717) is 37.5 Å². The van der Waals surface area contributed by atoms with Gasteiger partial charge in [-0.25, -0.2) is 4.39 Å². The fourth-order valence-electron chi connectivity index (χ4n) is 4.92. The summed E-state index contributed by atoms with van der Waals surface area (Å²) in [5.74, 6) is -0.624. The molecule has 0 saturated carbocycles. The number of fused-ring (bicyclic) bond motifs is 1. The Hall–Kier alpha value is -2.55. The van der Waals surface area contributed by atoms with Gasteiger partial charge in [0.2, 0.25) is 0 Å². The van der Waals surface area contributed by atoms with Crippen LogP contribution in [0.4, 0.5) is 17.6 Å². The first kappa shape index (κ1) is 22.6. The number of carboxylic acids is 1. The molecule has 2 aliphatic heterocycles. The lowest BCUT2D eigenvalue weighted by Crippen LogP contribution is -2.45. The largest absolute Gasteiger partial charge is 0.493 e. The molecule has 0 amide bonds. The summed E-state index contributed by atoms with van der Waals surface area (Å²) in [5.41, 5.74) is -0.547. The van der Waals surface area contributed by atoms with Gasteiger partial charge in [0.25, 0.3) is 0 Å². The summed E-state index contributed by atoms with van der Waals surface area (Å²) in [6.07, 6.45) is 0.177. The highest BCUT2D eigenvalue weighted by Crippen LogP contribution is 2.48. The second-order valence-electron chi connectivity index (χ2n) is 8.60. The van der Waals surface area contributed by atoms with Crippen molar-refractivity contribution in [3.63, 3.8) is 0 Å². The monoisotopic (exact) mass is 455 g/mol. The Bertz CT molecular complexity index is 956. The van der Waals surface area contributed by atoms with Gasteiger partial charge in [-0.05, 0) is 43.5 Å². The zero-order chi connectivity index (χ0) is 22.9. The number of halogens is 4. The maximum absolute atomic E-state index is 14.1. The van der Waals surface area contributed by atoms with E-state index in [2.05, 4.69) is 4.90 Å². The third-order valence-electron chi connectivity index (χ3n) is 6.48. The van der Waals surface area contributed by atoms with Crippen molar-refractivity contribution in [2.45, 2.75) is 44.9 Å². The molecule has 5 nitrogen and oxygen atoms in total. The van der Waals surface area contributed by atoms with E-state index in [0.717, 1.165) is 49.7 Å². The molecule has 32 heavy (non-hydrogen) atoms. The van der Waals surface area contributed by atoms with Gasteiger partial charge >= 0.3 is 12.1 Å². The van der Waals surface area contributed by atoms with Crippen molar-refractivity contribution in [3.05, 3.63) is 58.3 Å². The molecule has 0 aromatic heterocycles. The van der Waals surface area contributed by atoms with E-state index in [1.165, 1.54) is 0 Å². The molecule has 1 fully saturated rings. The third-order valence-corrected chi connectivity index (χ3v) is 6.48. The first-order valence-electron chi connectivity index (χ1n) is 10.7. The quantitative estimate of drug-likeness (QED) is 0.620. The maximum Gasteiger partial charge on any atom is 0.416 e. The number of benzene rings is 1. The Balaban J connectivity index is 1.47. The molecular weight excluding hydrogens is 430 g/mol. The van der Waals surface area contributed by atoms with Crippen molar-refractivity contribution in [2.75, 3.05) is 26.2 Å². The number of hydrogen-bond acceptors (Lipinski definition) is 4. The van der Waals surface area contributed by atoms with E-state index in [1.807, 2.05) is 0 Å². The summed E-state index contributed by atoms with van der Waals surface area (Å²) >= 11 is 0. The van der Waals surface area contributed by atoms with Crippen LogP contribution in [0.5, 0.6) is 0 Å². The molecule has 1 atom stereocenters. The fraction of sp³-hybridized carbons (Fsp3) is 0.522. The molecule has 174 valence electrons. The lowest BCUT2D eigenvalue weighted by Gasteiger charge is -2.41. The van der Waals surface area contributed by atoms with Crippen LogP contribution in [0, 0.1) is 11.2 Å². The van der Waals surface area contributed by atoms with E-state index in [9.17, 15) is 22.4 Å². The van der Waals surface area contributed by atoms with Gasteiger partial charge in [0.15, 0.2) is 0 Å². The van der Waals surface area contributed by atoms with Gasteiger partial charge in [-0.3, -0.25) is 4.79 Å². The molecule has 3 aliphatic rings. The zero-order valence-electron chi connectivity index (χ0n) is 17.5. The standard InChI is InChI=1S/C23H25F4NO4/c24-19-4-1-3-17(23(25,26)27)16(19)12-31-15-5-6-18-20(11-15)32-14-22(18)8-2-9-28(13-22)10-7-21(29)30/h1,3-4,11H,2,5-10,12-14H2,(H,29,30). The molecule has 1 spiro atoms. The molecule has 2 heterocycles. The molecule has 1 aromatic carbocycles. The summed E-state index contributed by atoms with van der Waals surface area (Å²) < 4.78 is 65.2. The number of aliphatic carboxylic acids is 1. The summed E-state index contributed by atoms with van der Waals surface area (Å²) in [4.78, 5) is 13.1. The van der Waals surface area contributed by atoms with Crippen LogP contribution >= 0.6 is 0 Å². The van der Waals surface area contributed by atoms with Gasteiger partial charge in [0.05, 0.1) is 18.6 Å². The number of piperidine rings is 1.